The van der Waals surface area contributed by atoms with Gasteiger partial charge in [-0.2, -0.15) is 16.4 Å². The first kappa shape index (κ1) is 14.5. The standard InChI is InChI=1S/C16H12N4S3/c1-10-13-15(23-14(10)11-4-6-21-8-11)16(18-9-17-13)20-19-7-12-3-2-5-22-12/h2-9H,1H3,(H,17,18,20)/b19-7+. The van der Waals surface area contributed by atoms with Crippen LogP contribution in [-0.2, 0) is 0 Å². The summed E-state index contributed by atoms with van der Waals surface area (Å²) in [5.74, 6) is 0.748. The number of hydrogen-bond donors (Lipinski definition) is 1. The van der Waals surface area contributed by atoms with Crippen LogP contribution >= 0.6 is 34.0 Å². The molecule has 0 aliphatic carbocycles. The minimum absolute atomic E-state index is 0.748. The van der Waals surface area contributed by atoms with Crippen molar-refractivity contribution in [2.75, 3.05) is 5.43 Å². The van der Waals surface area contributed by atoms with E-state index in [4.69, 9.17) is 0 Å². The number of anilines is 1. The lowest BCUT2D eigenvalue weighted by Crippen LogP contribution is -1.93. The van der Waals surface area contributed by atoms with Gasteiger partial charge in [-0.1, -0.05) is 6.07 Å². The molecule has 4 aromatic rings. The highest BCUT2D eigenvalue weighted by molar-refractivity contribution is 7.23. The number of aryl methyl sites for hydroxylation is 1. The van der Waals surface area contributed by atoms with Crippen LogP contribution in [0.15, 0.2) is 45.8 Å². The van der Waals surface area contributed by atoms with E-state index < -0.39 is 0 Å². The van der Waals surface area contributed by atoms with Crippen molar-refractivity contribution in [3.8, 4) is 10.4 Å². The molecule has 4 nitrogen and oxygen atoms in total. The molecule has 4 aromatic heterocycles. The fourth-order valence-electron chi connectivity index (χ4n) is 2.29. The van der Waals surface area contributed by atoms with Crippen LogP contribution in [0, 0.1) is 6.92 Å². The number of nitrogens with zero attached hydrogens (tertiary/aromatic N) is 3. The molecule has 0 bridgehead atoms. The molecule has 1 N–H and O–H groups in total. The summed E-state index contributed by atoms with van der Waals surface area (Å²) in [5, 5.41) is 10.6. The Balaban J connectivity index is 1.71. The first-order chi connectivity index (χ1) is 11.3. The predicted molar refractivity (Wildman–Crippen MR) is 101 cm³/mol. The zero-order valence-electron chi connectivity index (χ0n) is 12.2. The van der Waals surface area contributed by atoms with Crippen LogP contribution in [0.5, 0.6) is 0 Å². The maximum Gasteiger partial charge on any atom is 0.167 e. The highest BCUT2D eigenvalue weighted by atomic mass is 32.1. The molecule has 4 rings (SSSR count). The Kier molecular flexibility index (Phi) is 3.90. The van der Waals surface area contributed by atoms with Gasteiger partial charge in [-0.05, 0) is 40.8 Å². The lowest BCUT2D eigenvalue weighted by molar-refractivity contribution is 1.18. The van der Waals surface area contributed by atoms with Gasteiger partial charge in [0.05, 0.1) is 16.4 Å². The smallest absolute Gasteiger partial charge is 0.167 e. The molecule has 0 aliphatic heterocycles. The minimum atomic E-state index is 0.748. The van der Waals surface area contributed by atoms with E-state index >= 15 is 0 Å². The van der Waals surface area contributed by atoms with Gasteiger partial charge in [0.15, 0.2) is 5.82 Å². The maximum atomic E-state index is 4.44. The third-order valence-corrected chi connectivity index (χ3v) is 6.22. The number of rotatable bonds is 4. The molecule has 114 valence electrons. The molecule has 0 amide bonds. The first-order valence-electron chi connectivity index (χ1n) is 6.92. The zero-order chi connectivity index (χ0) is 15.6. The summed E-state index contributed by atoms with van der Waals surface area (Å²) in [6.07, 6.45) is 3.39. The van der Waals surface area contributed by atoms with E-state index in [0.717, 1.165) is 20.9 Å². The van der Waals surface area contributed by atoms with Crippen molar-refractivity contribution >= 4 is 56.3 Å². The van der Waals surface area contributed by atoms with E-state index in [2.05, 4.69) is 44.2 Å². The van der Waals surface area contributed by atoms with Crippen LogP contribution in [0.1, 0.15) is 10.4 Å². The van der Waals surface area contributed by atoms with Crippen LogP contribution in [0.4, 0.5) is 5.82 Å². The van der Waals surface area contributed by atoms with Crippen molar-refractivity contribution in [2.45, 2.75) is 6.92 Å². The highest BCUT2D eigenvalue weighted by Gasteiger charge is 2.15. The number of hydrogen-bond acceptors (Lipinski definition) is 7. The van der Waals surface area contributed by atoms with Gasteiger partial charge >= 0.3 is 0 Å². The Bertz CT molecular complexity index is 953. The third-order valence-electron chi connectivity index (χ3n) is 3.39. The molecule has 0 saturated carbocycles. The highest BCUT2D eigenvalue weighted by Crippen LogP contribution is 2.40. The van der Waals surface area contributed by atoms with E-state index in [9.17, 15) is 0 Å². The third kappa shape index (κ3) is 2.78. The summed E-state index contributed by atoms with van der Waals surface area (Å²) in [7, 11) is 0. The maximum absolute atomic E-state index is 4.44. The van der Waals surface area contributed by atoms with Crippen molar-refractivity contribution < 1.29 is 0 Å². The lowest BCUT2D eigenvalue weighted by Gasteiger charge is -1.99. The van der Waals surface area contributed by atoms with E-state index in [1.165, 1.54) is 16.0 Å². The van der Waals surface area contributed by atoms with Gasteiger partial charge in [-0.25, -0.2) is 9.97 Å². The van der Waals surface area contributed by atoms with Gasteiger partial charge in [0, 0.05) is 15.3 Å². The molecule has 0 atom stereocenters. The number of hydrazone groups is 1. The Morgan fingerprint density at radius 3 is 2.96 bits per heavy atom. The molecule has 0 aliphatic rings. The monoisotopic (exact) mass is 356 g/mol. The largest absolute Gasteiger partial charge is 0.260 e. The number of aromatic nitrogens is 2. The van der Waals surface area contributed by atoms with E-state index in [0.29, 0.717) is 0 Å². The molecule has 0 radical (unpaired) electrons. The van der Waals surface area contributed by atoms with Crippen LogP contribution in [0.3, 0.4) is 0 Å². The van der Waals surface area contributed by atoms with Gasteiger partial charge in [0.1, 0.15) is 6.33 Å². The molecule has 4 heterocycles. The summed E-state index contributed by atoms with van der Waals surface area (Å²) in [6, 6.07) is 6.16. The van der Waals surface area contributed by atoms with Crippen LogP contribution in [-0.4, -0.2) is 16.2 Å². The second kappa shape index (κ2) is 6.19. The second-order valence-electron chi connectivity index (χ2n) is 4.85. The van der Waals surface area contributed by atoms with Crippen molar-refractivity contribution in [2.24, 2.45) is 5.10 Å². The fourth-order valence-corrected chi connectivity index (χ4v) is 4.80. The average molecular weight is 357 g/mol. The summed E-state index contributed by atoms with van der Waals surface area (Å²) in [4.78, 5) is 11.1. The van der Waals surface area contributed by atoms with Gasteiger partial charge < -0.3 is 0 Å². The minimum Gasteiger partial charge on any atom is -0.260 e. The fraction of sp³-hybridized carbons (Fsp3) is 0.0625. The van der Waals surface area contributed by atoms with E-state index in [1.54, 1.807) is 46.6 Å². The Morgan fingerprint density at radius 2 is 2.17 bits per heavy atom. The molecule has 0 aromatic carbocycles. The van der Waals surface area contributed by atoms with Gasteiger partial charge in [0.25, 0.3) is 0 Å². The molecule has 0 spiro atoms. The molecule has 0 unspecified atom stereocenters. The van der Waals surface area contributed by atoms with Crippen molar-refractivity contribution in [1.82, 2.24) is 9.97 Å². The predicted octanol–water partition coefficient (Wildman–Crippen LogP) is 5.24. The second-order valence-corrected chi connectivity index (χ2v) is 7.63. The molecule has 0 saturated heterocycles. The van der Waals surface area contributed by atoms with Crippen molar-refractivity contribution in [3.05, 3.63) is 51.1 Å². The molecule has 0 fully saturated rings. The van der Waals surface area contributed by atoms with Crippen molar-refractivity contribution in [1.29, 1.82) is 0 Å². The molecular formula is C16H12N4S3. The molecular weight excluding hydrogens is 344 g/mol. The van der Waals surface area contributed by atoms with Gasteiger partial charge in [-0.15, -0.1) is 22.7 Å². The first-order valence-corrected chi connectivity index (χ1v) is 9.56. The van der Waals surface area contributed by atoms with E-state index in [1.807, 2.05) is 17.5 Å². The van der Waals surface area contributed by atoms with Crippen LogP contribution < -0.4 is 5.43 Å². The lowest BCUT2D eigenvalue weighted by atomic mass is 10.2. The van der Waals surface area contributed by atoms with Gasteiger partial charge in [-0.3, -0.25) is 5.43 Å². The molecule has 23 heavy (non-hydrogen) atoms. The Labute approximate surface area is 145 Å². The Hall–Kier alpha value is -2.09. The number of nitrogens with one attached hydrogen (secondary N) is 1. The SMILES string of the molecule is Cc1c(-c2ccsc2)sc2c(N/N=C/c3cccs3)ncnc12. The number of thiophene rings is 3. The summed E-state index contributed by atoms with van der Waals surface area (Å²) in [6.45, 7) is 2.11. The summed E-state index contributed by atoms with van der Waals surface area (Å²) >= 11 is 5.05. The normalized spacial score (nSPS) is 11.5. The quantitative estimate of drug-likeness (QED) is 0.402. The van der Waals surface area contributed by atoms with Gasteiger partial charge in [0.2, 0.25) is 0 Å². The average Bonchev–Trinajstić information content (AvgIpc) is 3.29. The van der Waals surface area contributed by atoms with Crippen LogP contribution in [0.2, 0.25) is 0 Å². The Morgan fingerprint density at radius 1 is 1.22 bits per heavy atom. The summed E-state index contributed by atoms with van der Waals surface area (Å²) < 4.78 is 1.04. The topological polar surface area (TPSA) is 50.2 Å². The summed E-state index contributed by atoms with van der Waals surface area (Å²) in [5.41, 5.74) is 6.47. The molecule has 7 heteroatoms. The zero-order valence-corrected chi connectivity index (χ0v) is 14.6. The number of fused-ring (bicyclic) bond motifs is 1. The van der Waals surface area contributed by atoms with Crippen LogP contribution in [0.25, 0.3) is 20.7 Å². The van der Waals surface area contributed by atoms with E-state index in [-0.39, 0.29) is 0 Å². The van der Waals surface area contributed by atoms with Crippen molar-refractivity contribution in [3.63, 3.8) is 0 Å².